The number of nitrogens with two attached hydrogens (primary N) is 1. The van der Waals surface area contributed by atoms with Crippen LogP contribution in [0.2, 0.25) is 0 Å². The lowest BCUT2D eigenvalue weighted by molar-refractivity contribution is -0.118. The predicted octanol–water partition coefficient (Wildman–Crippen LogP) is 1.09. The normalized spacial score (nSPS) is 12.1. The van der Waals surface area contributed by atoms with E-state index in [1.807, 2.05) is 31.2 Å². The molecule has 0 spiro atoms. The van der Waals surface area contributed by atoms with Crippen molar-refractivity contribution in [3.05, 3.63) is 29.8 Å². The Hall–Kier alpha value is -1.36. The second kappa shape index (κ2) is 7.87. The number of nitrogens with one attached hydrogen (secondary N) is 1. The zero-order valence-corrected chi connectivity index (χ0v) is 11.5. The van der Waals surface area contributed by atoms with E-state index in [1.165, 1.54) is 0 Å². The summed E-state index contributed by atoms with van der Waals surface area (Å²) in [5.74, 6) is 0.464. The monoisotopic (exact) mass is 268 g/mol. The first-order valence-corrected chi connectivity index (χ1v) is 7.56. The lowest BCUT2D eigenvalue weighted by atomic mass is 10.2. The van der Waals surface area contributed by atoms with Crippen LogP contribution in [0.25, 0.3) is 0 Å². The molecule has 0 aliphatic rings. The summed E-state index contributed by atoms with van der Waals surface area (Å²) in [6.07, 6.45) is 1.60. The minimum Gasteiger partial charge on any atom is -0.399 e. The van der Waals surface area contributed by atoms with Gasteiger partial charge in [-0.05, 0) is 30.5 Å². The molecule has 0 aliphatic heterocycles. The number of anilines is 1. The van der Waals surface area contributed by atoms with Gasteiger partial charge in [0, 0.05) is 28.8 Å². The number of benzene rings is 1. The quantitative estimate of drug-likeness (QED) is 0.727. The maximum Gasteiger partial charge on any atom is 0.232 e. The van der Waals surface area contributed by atoms with Crippen LogP contribution in [0.15, 0.2) is 24.3 Å². The van der Waals surface area contributed by atoms with Crippen LogP contribution in [0.4, 0.5) is 5.69 Å². The van der Waals surface area contributed by atoms with Gasteiger partial charge in [0.15, 0.2) is 0 Å². The van der Waals surface area contributed by atoms with Crippen LogP contribution in [-0.4, -0.2) is 28.2 Å². The van der Waals surface area contributed by atoms with Crippen LogP contribution < -0.4 is 11.1 Å². The summed E-state index contributed by atoms with van der Waals surface area (Å²) in [6, 6.07) is 7.49. The van der Waals surface area contributed by atoms with Gasteiger partial charge in [-0.3, -0.25) is 9.00 Å². The molecule has 1 atom stereocenters. The van der Waals surface area contributed by atoms with Crippen molar-refractivity contribution in [2.24, 2.45) is 0 Å². The van der Waals surface area contributed by atoms with Gasteiger partial charge in [0.25, 0.3) is 0 Å². The number of hydrogen-bond donors (Lipinski definition) is 2. The van der Waals surface area contributed by atoms with E-state index in [9.17, 15) is 9.00 Å². The zero-order valence-electron chi connectivity index (χ0n) is 10.6. The smallest absolute Gasteiger partial charge is 0.232 e. The van der Waals surface area contributed by atoms with E-state index >= 15 is 0 Å². The Morgan fingerprint density at radius 3 is 2.61 bits per heavy atom. The third-order valence-electron chi connectivity index (χ3n) is 2.46. The van der Waals surface area contributed by atoms with Crippen LogP contribution in [0.1, 0.15) is 18.9 Å². The Bertz CT molecular complexity index is 404. The summed E-state index contributed by atoms with van der Waals surface area (Å²) in [6.45, 7) is 2.63. The van der Waals surface area contributed by atoms with Crippen molar-refractivity contribution in [1.29, 1.82) is 0 Å². The molecule has 18 heavy (non-hydrogen) atoms. The van der Waals surface area contributed by atoms with Crippen molar-refractivity contribution >= 4 is 22.4 Å². The number of rotatable bonds is 7. The lowest BCUT2D eigenvalue weighted by Gasteiger charge is -2.04. The molecule has 0 saturated carbocycles. The van der Waals surface area contributed by atoms with Crippen LogP contribution in [0, 0.1) is 0 Å². The molecule has 0 aliphatic carbocycles. The average Bonchev–Trinajstić information content (AvgIpc) is 2.35. The number of carbonyl (C=O) groups excluding carboxylic acids is 1. The SMILES string of the molecule is CCCNC(=O)CS(=O)CCc1ccc(N)cc1. The lowest BCUT2D eigenvalue weighted by Crippen LogP contribution is -2.29. The van der Waals surface area contributed by atoms with Crippen LogP contribution in [0.5, 0.6) is 0 Å². The molecular weight excluding hydrogens is 248 g/mol. The fraction of sp³-hybridized carbons (Fsp3) is 0.462. The molecule has 1 aromatic rings. The van der Waals surface area contributed by atoms with Crippen molar-refractivity contribution in [2.45, 2.75) is 19.8 Å². The first-order valence-electron chi connectivity index (χ1n) is 6.08. The topological polar surface area (TPSA) is 72.2 Å². The molecule has 0 aromatic heterocycles. The van der Waals surface area contributed by atoms with Crippen LogP contribution >= 0.6 is 0 Å². The highest BCUT2D eigenvalue weighted by molar-refractivity contribution is 7.85. The molecule has 0 saturated heterocycles. The van der Waals surface area contributed by atoms with Gasteiger partial charge in [-0.2, -0.15) is 0 Å². The number of aryl methyl sites for hydroxylation is 1. The maximum atomic E-state index is 11.7. The van der Waals surface area contributed by atoms with Crippen molar-refractivity contribution in [2.75, 3.05) is 23.8 Å². The molecule has 0 fully saturated rings. The molecule has 1 amide bonds. The van der Waals surface area contributed by atoms with Crippen molar-refractivity contribution in [3.63, 3.8) is 0 Å². The van der Waals surface area contributed by atoms with Gasteiger partial charge >= 0.3 is 0 Å². The van der Waals surface area contributed by atoms with Gasteiger partial charge < -0.3 is 11.1 Å². The van der Waals surface area contributed by atoms with E-state index in [2.05, 4.69) is 5.32 Å². The van der Waals surface area contributed by atoms with E-state index in [4.69, 9.17) is 5.73 Å². The largest absolute Gasteiger partial charge is 0.399 e. The predicted molar refractivity (Wildman–Crippen MR) is 75.7 cm³/mol. The van der Waals surface area contributed by atoms with Gasteiger partial charge in [-0.25, -0.2) is 0 Å². The molecule has 1 unspecified atom stereocenters. The highest BCUT2D eigenvalue weighted by Crippen LogP contribution is 2.06. The molecule has 1 aromatic carbocycles. The fourth-order valence-corrected chi connectivity index (χ4v) is 2.45. The minimum absolute atomic E-state index is 0.0922. The first kappa shape index (κ1) is 14.7. The Kier molecular flexibility index (Phi) is 6.43. The highest BCUT2D eigenvalue weighted by atomic mass is 32.2. The summed E-state index contributed by atoms with van der Waals surface area (Å²) in [5.41, 5.74) is 7.39. The summed E-state index contributed by atoms with van der Waals surface area (Å²) in [5, 5.41) is 2.72. The summed E-state index contributed by atoms with van der Waals surface area (Å²) >= 11 is 0. The average molecular weight is 268 g/mol. The van der Waals surface area contributed by atoms with Gasteiger partial charge in [-0.15, -0.1) is 0 Å². The van der Waals surface area contributed by atoms with E-state index < -0.39 is 10.8 Å². The Balaban J connectivity index is 2.28. The number of nitrogen functional groups attached to an aromatic ring is 1. The molecule has 100 valence electrons. The Morgan fingerprint density at radius 2 is 2.00 bits per heavy atom. The highest BCUT2D eigenvalue weighted by Gasteiger charge is 2.07. The van der Waals surface area contributed by atoms with Crippen LogP contribution in [-0.2, 0) is 22.0 Å². The number of hydrogen-bond acceptors (Lipinski definition) is 3. The summed E-state index contributed by atoms with van der Waals surface area (Å²) in [7, 11) is -1.10. The van der Waals surface area contributed by atoms with E-state index in [0.29, 0.717) is 18.7 Å². The first-order chi connectivity index (χ1) is 8.61. The summed E-state index contributed by atoms with van der Waals surface area (Å²) in [4.78, 5) is 11.3. The van der Waals surface area contributed by atoms with Crippen molar-refractivity contribution in [3.8, 4) is 0 Å². The van der Waals surface area contributed by atoms with Gasteiger partial charge in [0.05, 0.1) is 0 Å². The van der Waals surface area contributed by atoms with E-state index in [-0.39, 0.29) is 11.7 Å². The van der Waals surface area contributed by atoms with Crippen molar-refractivity contribution < 1.29 is 9.00 Å². The van der Waals surface area contributed by atoms with E-state index in [1.54, 1.807) is 0 Å². The number of amides is 1. The van der Waals surface area contributed by atoms with Gasteiger partial charge in [-0.1, -0.05) is 19.1 Å². The third kappa shape index (κ3) is 5.82. The second-order valence-corrected chi connectivity index (χ2v) is 5.71. The molecule has 4 nitrogen and oxygen atoms in total. The molecular formula is C13H20N2O2S. The molecule has 0 heterocycles. The number of carbonyl (C=O) groups is 1. The molecule has 5 heteroatoms. The minimum atomic E-state index is -1.10. The van der Waals surface area contributed by atoms with E-state index in [0.717, 1.165) is 17.7 Å². The maximum absolute atomic E-state index is 11.7. The fourth-order valence-electron chi connectivity index (χ4n) is 1.45. The molecule has 0 bridgehead atoms. The standard InChI is InChI=1S/C13H20N2O2S/c1-2-8-15-13(16)10-18(17)9-7-11-3-5-12(14)6-4-11/h3-6H,2,7-10,14H2,1H3,(H,15,16). The molecule has 1 rings (SSSR count). The van der Waals surface area contributed by atoms with Gasteiger partial charge in [0.2, 0.25) is 5.91 Å². The summed E-state index contributed by atoms with van der Waals surface area (Å²) < 4.78 is 11.7. The molecule has 3 N–H and O–H groups in total. The zero-order chi connectivity index (χ0) is 13.4. The Morgan fingerprint density at radius 1 is 1.33 bits per heavy atom. The van der Waals surface area contributed by atoms with Gasteiger partial charge in [0.1, 0.15) is 5.75 Å². The van der Waals surface area contributed by atoms with Crippen molar-refractivity contribution in [1.82, 2.24) is 5.32 Å². The van der Waals surface area contributed by atoms with Crippen LogP contribution in [0.3, 0.4) is 0 Å². The molecule has 0 radical (unpaired) electrons. The Labute approximate surface area is 110 Å². The second-order valence-electron chi connectivity index (χ2n) is 4.13. The third-order valence-corrected chi connectivity index (χ3v) is 3.71.